The van der Waals surface area contributed by atoms with Crippen molar-refractivity contribution in [1.29, 1.82) is 0 Å². The van der Waals surface area contributed by atoms with E-state index in [1.165, 1.54) is 0 Å². The highest BCUT2D eigenvalue weighted by Crippen LogP contribution is 2.23. The molecule has 0 saturated carbocycles. The van der Waals surface area contributed by atoms with Crippen LogP contribution in [0.2, 0.25) is 0 Å². The highest BCUT2D eigenvalue weighted by molar-refractivity contribution is 5.23. The summed E-state index contributed by atoms with van der Waals surface area (Å²) in [7, 11) is 1.92. The number of hydrogen-bond acceptors (Lipinski definition) is 3. The first-order valence-corrected chi connectivity index (χ1v) is 6.05. The molecule has 0 spiro atoms. The Hall–Kier alpha value is -1.55. The van der Waals surface area contributed by atoms with E-state index in [9.17, 15) is 0 Å². The summed E-state index contributed by atoms with van der Waals surface area (Å²) in [4.78, 5) is 0. The van der Waals surface area contributed by atoms with E-state index in [1.807, 2.05) is 36.3 Å². The minimum atomic E-state index is 0.0917. The summed E-state index contributed by atoms with van der Waals surface area (Å²) in [5.74, 6) is 1.98. The number of aromatic nitrogens is 2. The molecule has 0 aliphatic heterocycles. The molecule has 0 aliphatic rings. The van der Waals surface area contributed by atoms with Crippen LogP contribution in [0.4, 0.5) is 0 Å². The predicted octanol–water partition coefficient (Wildman–Crippen LogP) is 2.27. The lowest BCUT2D eigenvalue weighted by atomic mass is 10.1. The molecule has 2 aromatic heterocycles. The zero-order valence-electron chi connectivity index (χ0n) is 10.6. The Balaban J connectivity index is 2.28. The van der Waals surface area contributed by atoms with Crippen molar-refractivity contribution in [2.24, 2.45) is 7.05 Å². The Morgan fingerprint density at radius 3 is 2.76 bits per heavy atom. The minimum Gasteiger partial charge on any atom is -0.464 e. The van der Waals surface area contributed by atoms with E-state index in [4.69, 9.17) is 4.42 Å². The van der Waals surface area contributed by atoms with Gasteiger partial charge in [0.05, 0.1) is 12.2 Å². The van der Waals surface area contributed by atoms with E-state index < -0.39 is 0 Å². The first-order chi connectivity index (χ1) is 8.24. The predicted molar refractivity (Wildman–Crippen MR) is 66.8 cm³/mol. The number of nitrogens with zero attached hydrogens (tertiary/aromatic N) is 2. The minimum absolute atomic E-state index is 0.0917. The Labute approximate surface area is 102 Å². The van der Waals surface area contributed by atoms with Gasteiger partial charge in [-0.05, 0) is 18.7 Å². The highest BCUT2D eigenvalue weighted by Gasteiger charge is 2.18. The molecule has 0 aromatic carbocycles. The fourth-order valence-corrected chi connectivity index (χ4v) is 1.92. The van der Waals surface area contributed by atoms with Crippen molar-refractivity contribution in [2.75, 3.05) is 6.54 Å². The monoisotopic (exact) mass is 233 g/mol. The molecule has 1 N–H and O–H groups in total. The number of nitrogens with one attached hydrogen (secondary N) is 1. The Bertz CT molecular complexity index is 472. The Morgan fingerprint density at radius 1 is 1.41 bits per heavy atom. The Kier molecular flexibility index (Phi) is 3.64. The summed E-state index contributed by atoms with van der Waals surface area (Å²) in [6, 6.07) is 4.17. The zero-order chi connectivity index (χ0) is 12.3. The van der Waals surface area contributed by atoms with Crippen LogP contribution in [0, 0.1) is 0 Å². The van der Waals surface area contributed by atoms with Crippen LogP contribution in [0.5, 0.6) is 0 Å². The third-order valence-electron chi connectivity index (χ3n) is 2.78. The Morgan fingerprint density at radius 2 is 2.24 bits per heavy atom. The third-order valence-corrected chi connectivity index (χ3v) is 2.78. The summed E-state index contributed by atoms with van der Waals surface area (Å²) in [5, 5.41) is 7.63. The molecule has 1 atom stereocenters. The second-order valence-electron chi connectivity index (χ2n) is 4.10. The molecule has 2 aromatic rings. The average molecular weight is 233 g/mol. The first kappa shape index (κ1) is 11.9. The summed E-state index contributed by atoms with van der Waals surface area (Å²) in [6.07, 6.45) is 4.81. The average Bonchev–Trinajstić information content (AvgIpc) is 2.94. The van der Waals surface area contributed by atoms with Gasteiger partial charge in [-0.3, -0.25) is 4.68 Å². The molecule has 0 fully saturated rings. The van der Waals surface area contributed by atoms with Crippen LogP contribution in [0.15, 0.2) is 28.9 Å². The lowest BCUT2D eigenvalue weighted by Crippen LogP contribution is -2.21. The van der Waals surface area contributed by atoms with Crippen molar-refractivity contribution in [3.63, 3.8) is 0 Å². The maximum Gasteiger partial charge on any atom is 0.125 e. The van der Waals surface area contributed by atoms with Crippen molar-refractivity contribution in [3.8, 4) is 0 Å². The lowest BCUT2D eigenvalue weighted by molar-refractivity contribution is 0.426. The van der Waals surface area contributed by atoms with Crippen LogP contribution < -0.4 is 5.32 Å². The maximum absolute atomic E-state index is 5.81. The van der Waals surface area contributed by atoms with Gasteiger partial charge in [-0.1, -0.05) is 13.8 Å². The normalized spacial score (nSPS) is 12.9. The summed E-state index contributed by atoms with van der Waals surface area (Å²) < 4.78 is 7.62. The van der Waals surface area contributed by atoms with E-state index in [0.29, 0.717) is 0 Å². The molecule has 17 heavy (non-hydrogen) atoms. The van der Waals surface area contributed by atoms with Gasteiger partial charge in [0.1, 0.15) is 11.5 Å². The van der Waals surface area contributed by atoms with Crippen LogP contribution in [0.3, 0.4) is 0 Å². The molecule has 92 valence electrons. The molecule has 4 nitrogen and oxygen atoms in total. The van der Waals surface area contributed by atoms with Crippen LogP contribution in [0.25, 0.3) is 0 Å². The number of hydrogen-bond donors (Lipinski definition) is 1. The number of furan rings is 1. The van der Waals surface area contributed by atoms with Crippen LogP contribution in [-0.2, 0) is 13.5 Å². The fraction of sp³-hybridized carbons (Fsp3) is 0.462. The lowest BCUT2D eigenvalue weighted by Gasteiger charge is -2.13. The van der Waals surface area contributed by atoms with E-state index in [1.54, 1.807) is 0 Å². The van der Waals surface area contributed by atoms with Gasteiger partial charge in [0.15, 0.2) is 0 Å². The van der Waals surface area contributed by atoms with Crippen LogP contribution in [-0.4, -0.2) is 16.3 Å². The molecule has 0 radical (unpaired) electrons. The van der Waals surface area contributed by atoms with Crippen molar-refractivity contribution >= 4 is 0 Å². The van der Waals surface area contributed by atoms with Gasteiger partial charge < -0.3 is 9.73 Å². The molecular formula is C13H19N3O. The van der Waals surface area contributed by atoms with E-state index in [2.05, 4.69) is 24.3 Å². The number of aryl methyl sites for hydroxylation is 2. The molecule has 2 heterocycles. The molecular weight excluding hydrogens is 214 g/mol. The summed E-state index contributed by atoms with van der Waals surface area (Å²) in [6.45, 7) is 5.07. The van der Waals surface area contributed by atoms with Crippen molar-refractivity contribution in [1.82, 2.24) is 15.1 Å². The second-order valence-corrected chi connectivity index (χ2v) is 4.10. The standard InChI is InChI=1S/C13H19N3O/c1-4-11-6-7-12(17-11)13(14-5-2)10-8-15-16(3)9-10/h6-9,13-14H,4-5H2,1-3H3. The second kappa shape index (κ2) is 5.19. The van der Waals surface area contributed by atoms with Gasteiger partial charge in [0.25, 0.3) is 0 Å². The van der Waals surface area contributed by atoms with Crippen molar-refractivity contribution < 1.29 is 4.42 Å². The summed E-state index contributed by atoms with van der Waals surface area (Å²) in [5.41, 5.74) is 1.13. The maximum atomic E-state index is 5.81. The molecule has 0 saturated heterocycles. The van der Waals surface area contributed by atoms with E-state index in [-0.39, 0.29) is 6.04 Å². The van der Waals surface area contributed by atoms with Crippen molar-refractivity contribution in [2.45, 2.75) is 26.3 Å². The molecule has 4 heteroatoms. The van der Waals surface area contributed by atoms with Crippen LogP contribution >= 0.6 is 0 Å². The van der Waals surface area contributed by atoms with E-state index in [0.717, 1.165) is 30.0 Å². The largest absolute Gasteiger partial charge is 0.464 e. The topological polar surface area (TPSA) is 43.0 Å². The van der Waals surface area contributed by atoms with Gasteiger partial charge in [0, 0.05) is 25.2 Å². The molecule has 0 aliphatic carbocycles. The number of rotatable bonds is 5. The summed E-state index contributed by atoms with van der Waals surface area (Å²) >= 11 is 0. The molecule has 0 bridgehead atoms. The van der Waals surface area contributed by atoms with Crippen LogP contribution in [0.1, 0.15) is 37.0 Å². The van der Waals surface area contributed by atoms with Gasteiger partial charge >= 0.3 is 0 Å². The molecule has 2 rings (SSSR count). The van der Waals surface area contributed by atoms with Gasteiger partial charge in [-0.25, -0.2) is 0 Å². The smallest absolute Gasteiger partial charge is 0.125 e. The third kappa shape index (κ3) is 2.58. The van der Waals surface area contributed by atoms with Gasteiger partial charge in [-0.15, -0.1) is 0 Å². The highest BCUT2D eigenvalue weighted by atomic mass is 16.3. The SMILES string of the molecule is CCNC(c1cnn(C)c1)c1ccc(CC)o1. The van der Waals surface area contributed by atoms with E-state index >= 15 is 0 Å². The quantitative estimate of drug-likeness (QED) is 0.861. The fourth-order valence-electron chi connectivity index (χ4n) is 1.92. The zero-order valence-corrected chi connectivity index (χ0v) is 10.6. The van der Waals surface area contributed by atoms with Gasteiger partial charge in [0.2, 0.25) is 0 Å². The molecule has 0 amide bonds. The van der Waals surface area contributed by atoms with Gasteiger partial charge in [-0.2, -0.15) is 5.10 Å². The first-order valence-electron chi connectivity index (χ1n) is 6.05. The molecule has 1 unspecified atom stereocenters. The van der Waals surface area contributed by atoms with Crippen molar-refractivity contribution in [3.05, 3.63) is 41.6 Å².